The molecule has 6 aromatic rings. The van der Waals surface area contributed by atoms with Gasteiger partial charge in [0.05, 0.1) is 0 Å². The molecule has 1 unspecified atom stereocenters. The van der Waals surface area contributed by atoms with E-state index in [4.69, 9.17) is 0 Å². The average molecular weight is 533 g/mol. The topological polar surface area (TPSA) is 0 Å². The third kappa shape index (κ3) is 3.93. The lowest BCUT2D eigenvalue weighted by molar-refractivity contribution is 1.61. The largest absolute Gasteiger partial charge is 0.147 e. The summed E-state index contributed by atoms with van der Waals surface area (Å²) in [6.07, 6.45) is 0. The first-order valence-corrected chi connectivity index (χ1v) is 17.4. The van der Waals surface area contributed by atoms with Crippen LogP contribution in [-0.2, 0) is 0 Å². The molecule has 2 atom stereocenters. The van der Waals surface area contributed by atoms with Gasteiger partial charge in [-0.1, -0.05) is 164 Å². The van der Waals surface area contributed by atoms with E-state index in [0.717, 1.165) is 0 Å². The van der Waals surface area contributed by atoms with Gasteiger partial charge >= 0.3 is 0 Å². The predicted octanol–water partition coefficient (Wildman–Crippen LogP) is 7.59. The summed E-state index contributed by atoms with van der Waals surface area (Å²) in [7, 11) is -3.34. The second-order valence-corrected chi connectivity index (χ2v) is 16.3. The second-order valence-electron chi connectivity index (χ2n) is 10.3. The molecule has 0 radical (unpaired) electrons. The van der Waals surface area contributed by atoms with Crippen molar-refractivity contribution in [3.63, 3.8) is 0 Å². The predicted molar refractivity (Wildman–Crippen MR) is 174 cm³/mol. The first kappa shape index (κ1) is 24.0. The average Bonchev–Trinajstić information content (AvgIpc) is 3.11. The molecule has 186 valence electrons. The molecule has 6 aromatic carbocycles. The first-order valence-electron chi connectivity index (χ1n) is 13.6. The van der Waals surface area contributed by atoms with Crippen molar-refractivity contribution in [3.05, 3.63) is 169 Å². The maximum absolute atomic E-state index is 2.59. The molecule has 0 bridgehead atoms. The highest BCUT2D eigenvalue weighted by Gasteiger charge is 2.44. The smallest absolute Gasteiger partial charge is 0.0624 e. The molecule has 0 N–H and O–H groups in total. The maximum Gasteiger partial charge on any atom is 0.147 e. The number of hydrogen-bond acceptors (Lipinski definition) is 0. The Kier molecular flexibility index (Phi) is 6.12. The molecule has 0 spiro atoms. The van der Waals surface area contributed by atoms with Crippen molar-refractivity contribution < 1.29 is 0 Å². The summed E-state index contributed by atoms with van der Waals surface area (Å²) >= 11 is 0. The summed E-state index contributed by atoms with van der Waals surface area (Å²) in [5.74, 6) is 0. The van der Waals surface area contributed by atoms with Crippen LogP contribution >= 0.6 is 7.92 Å². The Balaban J connectivity index is 1.76. The molecule has 7 rings (SSSR count). The van der Waals surface area contributed by atoms with Crippen LogP contribution in [0.4, 0.5) is 0 Å². The molecule has 0 amide bonds. The van der Waals surface area contributed by atoms with Gasteiger partial charge in [0.2, 0.25) is 0 Å². The number of hydrogen-bond donors (Lipinski definition) is 0. The lowest BCUT2D eigenvalue weighted by Gasteiger charge is -2.34. The van der Waals surface area contributed by atoms with Crippen molar-refractivity contribution >= 4 is 58.3 Å². The van der Waals surface area contributed by atoms with Gasteiger partial charge < -0.3 is 0 Å². The standard InChI is InChI=1S/C37H29PSi/c1-39(32-24-12-5-13-25-32)34-27-15-21-28-20-14-26-33(35(28)34)38(31-22-10-4-11-23-31)36(29-16-6-2-7-17-29)37(39)30-18-8-3-9-19-30/h2-27H,1H3/t38?,39-/m0/s1. The molecular formula is C37H29PSi. The van der Waals surface area contributed by atoms with Gasteiger partial charge in [-0.15, -0.1) is 0 Å². The van der Waals surface area contributed by atoms with E-state index in [1.165, 1.54) is 53.4 Å². The molecule has 0 saturated carbocycles. The van der Waals surface area contributed by atoms with Gasteiger partial charge in [0.15, 0.2) is 0 Å². The molecule has 0 aliphatic carbocycles. The summed E-state index contributed by atoms with van der Waals surface area (Å²) in [4.78, 5) is 0. The van der Waals surface area contributed by atoms with E-state index in [1.54, 1.807) is 0 Å². The Bertz CT molecular complexity index is 1790. The minimum absolute atomic E-state index is 0.836. The molecule has 0 saturated heterocycles. The van der Waals surface area contributed by atoms with Crippen LogP contribution in [0.15, 0.2) is 158 Å². The van der Waals surface area contributed by atoms with Crippen molar-refractivity contribution in [3.8, 4) is 0 Å². The molecule has 0 fully saturated rings. The SMILES string of the molecule is C[Si@@]1(c2ccccc2)C(c2ccccc2)=C(c2ccccc2)P(c2ccccc2)c2cccc3cccc1c23. The fourth-order valence-electron chi connectivity index (χ4n) is 6.34. The Morgan fingerprint density at radius 1 is 0.487 bits per heavy atom. The Morgan fingerprint density at radius 2 is 1.03 bits per heavy atom. The van der Waals surface area contributed by atoms with Crippen molar-refractivity contribution in [2.75, 3.05) is 0 Å². The summed E-state index contributed by atoms with van der Waals surface area (Å²) in [5, 5.41) is 11.6. The third-order valence-corrected chi connectivity index (χ3v) is 15.4. The second kappa shape index (κ2) is 9.93. The van der Waals surface area contributed by atoms with Crippen LogP contribution in [0.1, 0.15) is 11.1 Å². The highest BCUT2D eigenvalue weighted by atomic mass is 31.1. The fourth-order valence-corrected chi connectivity index (χ4v) is 14.5. The van der Waals surface area contributed by atoms with E-state index in [-0.39, 0.29) is 0 Å². The summed E-state index contributed by atoms with van der Waals surface area (Å²) in [6, 6.07) is 58.9. The Hall–Kier alpha value is -4.03. The Morgan fingerprint density at radius 3 is 1.67 bits per heavy atom. The molecule has 2 heteroatoms. The first-order chi connectivity index (χ1) is 19.3. The summed E-state index contributed by atoms with van der Waals surface area (Å²) in [5.41, 5.74) is 2.66. The molecule has 1 aliphatic rings. The monoisotopic (exact) mass is 532 g/mol. The quantitative estimate of drug-likeness (QED) is 0.162. The van der Waals surface area contributed by atoms with Gasteiger partial charge in [-0.3, -0.25) is 0 Å². The van der Waals surface area contributed by atoms with Crippen LogP contribution in [0, 0.1) is 0 Å². The molecule has 1 aliphatic heterocycles. The van der Waals surface area contributed by atoms with Gasteiger partial charge in [-0.25, -0.2) is 0 Å². The van der Waals surface area contributed by atoms with E-state index >= 15 is 0 Å². The molecule has 0 aromatic heterocycles. The highest BCUT2D eigenvalue weighted by Crippen LogP contribution is 2.56. The highest BCUT2D eigenvalue weighted by molar-refractivity contribution is 7.83. The van der Waals surface area contributed by atoms with Crippen LogP contribution in [0.2, 0.25) is 6.55 Å². The van der Waals surface area contributed by atoms with E-state index in [9.17, 15) is 0 Å². The molecule has 1 heterocycles. The zero-order chi connectivity index (χ0) is 26.2. The minimum Gasteiger partial charge on any atom is -0.0624 e. The number of rotatable bonds is 4. The van der Waals surface area contributed by atoms with E-state index in [2.05, 4.69) is 164 Å². The van der Waals surface area contributed by atoms with Crippen LogP contribution in [0.25, 0.3) is 21.3 Å². The summed E-state index contributed by atoms with van der Waals surface area (Å²) in [6.45, 7) is 2.59. The van der Waals surface area contributed by atoms with Gasteiger partial charge in [0.25, 0.3) is 0 Å². The Labute approximate surface area is 233 Å². The van der Waals surface area contributed by atoms with Crippen LogP contribution < -0.4 is 21.0 Å². The summed E-state index contributed by atoms with van der Waals surface area (Å²) < 4.78 is 0. The van der Waals surface area contributed by atoms with Gasteiger partial charge in [-0.05, 0) is 61.3 Å². The van der Waals surface area contributed by atoms with E-state index in [1.807, 2.05) is 0 Å². The van der Waals surface area contributed by atoms with Crippen LogP contribution in [0.3, 0.4) is 0 Å². The molecular weight excluding hydrogens is 503 g/mol. The molecule has 39 heavy (non-hydrogen) atoms. The van der Waals surface area contributed by atoms with E-state index < -0.39 is 16.0 Å². The van der Waals surface area contributed by atoms with Crippen molar-refractivity contribution in [1.82, 2.24) is 0 Å². The zero-order valence-corrected chi connectivity index (χ0v) is 23.9. The van der Waals surface area contributed by atoms with Crippen molar-refractivity contribution in [2.45, 2.75) is 6.55 Å². The number of benzene rings is 6. The lowest BCUT2D eigenvalue weighted by Crippen LogP contribution is -2.57. The van der Waals surface area contributed by atoms with Gasteiger partial charge in [0.1, 0.15) is 8.07 Å². The lowest BCUT2D eigenvalue weighted by atomic mass is 10.1. The van der Waals surface area contributed by atoms with Crippen molar-refractivity contribution in [2.24, 2.45) is 0 Å². The minimum atomic E-state index is -2.51. The molecule has 0 nitrogen and oxygen atoms in total. The maximum atomic E-state index is 2.59. The van der Waals surface area contributed by atoms with Gasteiger partial charge in [0, 0.05) is 0 Å². The van der Waals surface area contributed by atoms with Crippen molar-refractivity contribution in [1.29, 1.82) is 0 Å². The normalized spacial score (nSPS) is 18.6. The van der Waals surface area contributed by atoms with Gasteiger partial charge in [-0.2, -0.15) is 0 Å². The third-order valence-electron chi connectivity index (χ3n) is 8.10. The zero-order valence-electron chi connectivity index (χ0n) is 22.0. The van der Waals surface area contributed by atoms with Crippen LogP contribution in [0.5, 0.6) is 0 Å². The van der Waals surface area contributed by atoms with E-state index in [0.29, 0.717) is 0 Å². The fraction of sp³-hybridized carbons (Fsp3) is 0.0270. The van der Waals surface area contributed by atoms with Crippen LogP contribution in [-0.4, -0.2) is 8.07 Å².